The third-order valence-electron chi connectivity index (χ3n) is 4.51. The summed E-state index contributed by atoms with van der Waals surface area (Å²) < 4.78 is 11.0. The molecule has 2 atom stereocenters. The van der Waals surface area contributed by atoms with E-state index >= 15 is 0 Å². The van der Waals surface area contributed by atoms with Gasteiger partial charge in [-0.05, 0) is 38.5 Å². The molecule has 0 aromatic carbocycles. The van der Waals surface area contributed by atoms with Crippen molar-refractivity contribution < 1.29 is 14.1 Å². The number of ether oxygens (including phenoxy) is 1. The molecular weight excluding hydrogens is 282 g/mol. The molecule has 2 aliphatic heterocycles. The van der Waals surface area contributed by atoms with Gasteiger partial charge in [-0.1, -0.05) is 18.5 Å². The standard InChI is InChI=1S/C16H25N3O3/c1-2-3-9-14-17-15(22-18-14)12-7-4-5-10-19(12)16(20)13-8-6-11-21-13/h12-13H,2-11H2,1H3. The molecule has 0 bridgehead atoms. The van der Waals surface area contributed by atoms with E-state index in [0.29, 0.717) is 12.5 Å². The van der Waals surface area contributed by atoms with Gasteiger partial charge in [0.2, 0.25) is 5.89 Å². The number of likely N-dealkylation sites (tertiary alicyclic amines) is 1. The molecule has 2 saturated heterocycles. The van der Waals surface area contributed by atoms with E-state index in [0.717, 1.165) is 63.7 Å². The maximum atomic E-state index is 12.7. The molecule has 2 aliphatic rings. The number of piperidine rings is 1. The predicted molar refractivity (Wildman–Crippen MR) is 80.2 cm³/mol. The number of nitrogens with zero attached hydrogens (tertiary/aromatic N) is 3. The van der Waals surface area contributed by atoms with Crippen LogP contribution in [0.2, 0.25) is 0 Å². The van der Waals surface area contributed by atoms with Crippen molar-refractivity contribution >= 4 is 5.91 Å². The first-order chi connectivity index (χ1) is 10.8. The van der Waals surface area contributed by atoms with E-state index < -0.39 is 0 Å². The summed E-state index contributed by atoms with van der Waals surface area (Å²) in [5.41, 5.74) is 0. The Morgan fingerprint density at radius 3 is 3.00 bits per heavy atom. The largest absolute Gasteiger partial charge is 0.368 e. The minimum absolute atomic E-state index is 0.0756. The van der Waals surface area contributed by atoms with Crippen LogP contribution in [-0.2, 0) is 16.0 Å². The topological polar surface area (TPSA) is 68.5 Å². The van der Waals surface area contributed by atoms with Crippen LogP contribution < -0.4 is 0 Å². The Hall–Kier alpha value is -1.43. The molecule has 3 heterocycles. The number of hydrogen-bond acceptors (Lipinski definition) is 5. The number of unbranched alkanes of at least 4 members (excludes halogenated alkanes) is 1. The lowest BCUT2D eigenvalue weighted by atomic mass is 10.0. The smallest absolute Gasteiger partial charge is 0.252 e. The molecule has 2 unspecified atom stereocenters. The van der Waals surface area contributed by atoms with Crippen molar-refractivity contribution in [2.45, 2.75) is 70.4 Å². The molecule has 0 spiro atoms. The van der Waals surface area contributed by atoms with Gasteiger partial charge in [0.15, 0.2) is 5.82 Å². The Bertz CT molecular complexity index is 497. The molecule has 6 nitrogen and oxygen atoms in total. The molecule has 0 radical (unpaired) electrons. The summed E-state index contributed by atoms with van der Waals surface area (Å²) in [7, 11) is 0. The molecule has 0 aliphatic carbocycles. The van der Waals surface area contributed by atoms with Gasteiger partial charge in [-0.25, -0.2) is 0 Å². The van der Waals surface area contributed by atoms with E-state index in [2.05, 4.69) is 17.1 Å². The van der Waals surface area contributed by atoms with E-state index in [1.54, 1.807) is 0 Å². The van der Waals surface area contributed by atoms with Gasteiger partial charge in [0.25, 0.3) is 5.91 Å². The third kappa shape index (κ3) is 3.32. The summed E-state index contributed by atoms with van der Waals surface area (Å²) in [4.78, 5) is 19.1. The molecule has 1 aromatic rings. The highest BCUT2D eigenvalue weighted by atomic mass is 16.5. The lowest BCUT2D eigenvalue weighted by molar-refractivity contribution is -0.145. The molecule has 0 saturated carbocycles. The van der Waals surface area contributed by atoms with Crippen molar-refractivity contribution in [1.82, 2.24) is 15.0 Å². The third-order valence-corrected chi connectivity index (χ3v) is 4.51. The van der Waals surface area contributed by atoms with Crippen molar-refractivity contribution in [3.8, 4) is 0 Å². The summed E-state index contributed by atoms with van der Waals surface area (Å²) in [5.74, 6) is 1.44. The number of rotatable bonds is 5. The normalized spacial score (nSPS) is 25.6. The second-order valence-electron chi connectivity index (χ2n) is 6.20. The lowest BCUT2D eigenvalue weighted by Gasteiger charge is -2.34. The Kier molecular flexibility index (Phi) is 5.08. The summed E-state index contributed by atoms with van der Waals surface area (Å²) in [6.45, 7) is 3.59. The fourth-order valence-electron chi connectivity index (χ4n) is 3.25. The van der Waals surface area contributed by atoms with Crippen LogP contribution in [0.25, 0.3) is 0 Å². The van der Waals surface area contributed by atoms with E-state index in [1.165, 1.54) is 0 Å². The highest BCUT2D eigenvalue weighted by Crippen LogP contribution is 2.32. The van der Waals surface area contributed by atoms with Crippen LogP contribution in [0.5, 0.6) is 0 Å². The van der Waals surface area contributed by atoms with Gasteiger partial charge < -0.3 is 14.2 Å². The molecule has 122 valence electrons. The quantitative estimate of drug-likeness (QED) is 0.836. The fraction of sp³-hybridized carbons (Fsp3) is 0.812. The zero-order chi connectivity index (χ0) is 15.4. The highest BCUT2D eigenvalue weighted by molar-refractivity contribution is 5.81. The van der Waals surface area contributed by atoms with E-state index in [9.17, 15) is 4.79 Å². The molecule has 22 heavy (non-hydrogen) atoms. The van der Waals surface area contributed by atoms with Crippen LogP contribution in [0.4, 0.5) is 0 Å². The van der Waals surface area contributed by atoms with Crippen LogP contribution in [0.3, 0.4) is 0 Å². The molecule has 2 fully saturated rings. The Labute approximate surface area is 131 Å². The lowest BCUT2D eigenvalue weighted by Crippen LogP contribution is -2.44. The number of aromatic nitrogens is 2. The Morgan fingerprint density at radius 1 is 1.32 bits per heavy atom. The van der Waals surface area contributed by atoms with Crippen LogP contribution in [-0.4, -0.2) is 40.2 Å². The predicted octanol–water partition coefficient (Wildman–Crippen LogP) is 2.64. The van der Waals surface area contributed by atoms with Gasteiger partial charge in [0.1, 0.15) is 12.1 Å². The highest BCUT2D eigenvalue weighted by Gasteiger charge is 2.36. The minimum Gasteiger partial charge on any atom is -0.368 e. The minimum atomic E-state index is -0.275. The monoisotopic (exact) mass is 307 g/mol. The van der Waals surface area contributed by atoms with Crippen molar-refractivity contribution in [3.63, 3.8) is 0 Å². The van der Waals surface area contributed by atoms with Crippen LogP contribution in [0.1, 0.15) is 69.6 Å². The van der Waals surface area contributed by atoms with E-state index in [-0.39, 0.29) is 18.1 Å². The summed E-state index contributed by atoms with van der Waals surface area (Å²) in [6.07, 6.45) is 7.55. The molecule has 0 N–H and O–H groups in total. The van der Waals surface area contributed by atoms with E-state index in [4.69, 9.17) is 9.26 Å². The Morgan fingerprint density at radius 2 is 2.23 bits per heavy atom. The first-order valence-corrected chi connectivity index (χ1v) is 8.54. The van der Waals surface area contributed by atoms with E-state index in [1.807, 2.05) is 4.90 Å². The first kappa shape index (κ1) is 15.5. The van der Waals surface area contributed by atoms with Crippen LogP contribution in [0, 0.1) is 0 Å². The van der Waals surface area contributed by atoms with Crippen molar-refractivity contribution in [2.75, 3.05) is 13.2 Å². The van der Waals surface area contributed by atoms with Gasteiger partial charge >= 0.3 is 0 Å². The zero-order valence-electron chi connectivity index (χ0n) is 13.3. The maximum Gasteiger partial charge on any atom is 0.252 e. The second kappa shape index (κ2) is 7.22. The molecule has 1 aromatic heterocycles. The van der Waals surface area contributed by atoms with Gasteiger partial charge in [-0.3, -0.25) is 4.79 Å². The average molecular weight is 307 g/mol. The number of hydrogen-bond donors (Lipinski definition) is 0. The van der Waals surface area contributed by atoms with Crippen molar-refractivity contribution in [2.24, 2.45) is 0 Å². The van der Waals surface area contributed by atoms with Gasteiger partial charge in [-0.15, -0.1) is 0 Å². The SMILES string of the molecule is CCCCc1noc(C2CCCCN2C(=O)C2CCCO2)n1. The average Bonchev–Trinajstić information content (AvgIpc) is 3.24. The van der Waals surface area contributed by atoms with Gasteiger partial charge in [0, 0.05) is 19.6 Å². The first-order valence-electron chi connectivity index (χ1n) is 8.54. The molecular formula is C16H25N3O3. The van der Waals surface area contributed by atoms with Crippen LogP contribution in [0.15, 0.2) is 4.52 Å². The maximum absolute atomic E-state index is 12.7. The fourth-order valence-corrected chi connectivity index (χ4v) is 3.25. The van der Waals surface area contributed by atoms with Crippen molar-refractivity contribution in [1.29, 1.82) is 0 Å². The zero-order valence-corrected chi connectivity index (χ0v) is 13.3. The summed E-state index contributed by atoms with van der Waals surface area (Å²) in [6, 6.07) is -0.0756. The van der Waals surface area contributed by atoms with Gasteiger partial charge in [-0.2, -0.15) is 4.98 Å². The molecule has 3 rings (SSSR count). The van der Waals surface area contributed by atoms with Crippen molar-refractivity contribution in [3.05, 3.63) is 11.7 Å². The molecule has 1 amide bonds. The number of aryl methyl sites for hydroxylation is 1. The second-order valence-corrected chi connectivity index (χ2v) is 6.20. The number of carbonyl (C=O) groups is 1. The number of amides is 1. The molecule has 6 heteroatoms. The summed E-state index contributed by atoms with van der Waals surface area (Å²) in [5, 5.41) is 4.06. The van der Waals surface area contributed by atoms with Crippen LogP contribution >= 0.6 is 0 Å². The van der Waals surface area contributed by atoms with Gasteiger partial charge in [0.05, 0.1) is 0 Å². The Balaban J connectivity index is 1.71. The number of carbonyl (C=O) groups excluding carboxylic acids is 1. The summed E-state index contributed by atoms with van der Waals surface area (Å²) >= 11 is 0.